The maximum Gasteiger partial charge on any atom is 0.264 e. The van der Waals surface area contributed by atoms with E-state index in [9.17, 15) is 19.5 Å². The molecule has 2 aliphatic heterocycles. The first kappa shape index (κ1) is 36.0. The second-order valence-electron chi connectivity index (χ2n) is 13.8. The predicted molar refractivity (Wildman–Crippen MR) is 197 cm³/mol. The van der Waals surface area contributed by atoms with Gasteiger partial charge in [0.1, 0.15) is 5.75 Å². The zero-order valence-corrected chi connectivity index (χ0v) is 30.4. The van der Waals surface area contributed by atoms with E-state index in [4.69, 9.17) is 9.47 Å². The summed E-state index contributed by atoms with van der Waals surface area (Å²) in [6.07, 6.45) is -0.240. The van der Waals surface area contributed by atoms with Crippen LogP contribution in [0.3, 0.4) is 0 Å². The number of aliphatic hydroxyl groups excluding tert-OH is 1. The van der Waals surface area contributed by atoms with E-state index in [2.05, 4.69) is 0 Å². The minimum absolute atomic E-state index is 0.115. The number of hydrogen-bond donors (Lipinski definition) is 1. The van der Waals surface area contributed by atoms with Gasteiger partial charge in [0.2, 0.25) is 20.7 Å². The summed E-state index contributed by atoms with van der Waals surface area (Å²) < 4.78 is 28.8. The van der Waals surface area contributed by atoms with Crippen molar-refractivity contribution < 1.29 is 33.1 Å². The number of amides is 3. The molecule has 4 aromatic carbocycles. The number of methoxy groups -OCH3 is 1. The molecule has 1 fully saturated rings. The number of ether oxygens (including phenoxy) is 2. The Balaban J connectivity index is 1.32. The van der Waals surface area contributed by atoms with Crippen LogP contribution in [0.2, 0.25) is 18.6 Å². The molecule has 4 aromatic rings. The molecular formula is C40H44FN3O6Si. The smallest absolute Gasteiger partial charge is 0.264 e. The lowest BCUT2D eigenvalue weighted by atomic mass is 9.82. The third kappa shape index (κ3) is 6.93. The van der Waals surface area contributed by atoms with Crippen LogP contribution in [-0.4, -0.2) is 63.0 Å². The lowest BCUT2D eigenvalue weighted by Crippen LogP contribution is -2.45. The van der Waals surface area contributed by atoms with Crippen LogP contribution >= 0.6 is 0 Å². The van der Waals surface area contributed by atoms with E-state index in [1.54, 1.807) is 47.0 Å². The maximum absolute atomic E-state index is 16.4. The second kappa shape index (κ2) is 14.8. The largest absolute Gasteiger partial charge is 0.497 e. The molecule has 11 heteroatoms. The van der Waals surface area contributed by atoms with Gasteiger partial charge in [0.05, 0.1) is 38.5 Å². The Morgan fingerprint density at radius 1 is 0.980 bits per heavy atom. The normalized spacial score (nSPS) is 21.1. The molecule has 6 rings (SSSR count). The number of halogens is 1. The van der Waals surface area contributed by atoms with Crippen molar-refractivity contribution in [1.29, 1.82) is 0 Å². The van der Waals surface area contributed by atoms with Crippen molar-refractivity contribution >= 4 is 43.7 Å². The molecule has 1 spiro atoms. The number of carbonyl (C=O) groups excluding carboxylic acids is 3. The molecular weight excluding hydrogens is 666 g/mol. The number of rotatable bonds is 13. The molecule has 0 unspecified atom stereocenters. The molecule has 9 nitrogen and oxygen atoms in total. The van der Waals surface area contributed by atoms with Gasteiger partial charge in [-0.05, 0) is 66.7 Å². The predicted octanol–water partition coefficient (Wildman–Crippen LogP) is 6.72. The van der Waals surface area contributed by atoms with Crippen LogP contribution in [0, 0.1) is 5.92 Å². The van der Waals surface area contributed by atoms with E-state index < -0.39 is 31.6 Å². The Morgan fingerprint density at radius 3 is 2.24 bits per heavy atom. The molecule has 1 saturated heterocycles. The van der Waals surface area contributed by atoms with Gasteiger partial charge in [-0.25, -0.2) is 0 Å². The monoisotopic (exact) mass is 709 g/mol. The van der Waals surface area contributed by atoms with Gasteiger partial charge in [-0.1, -0.05) is 67.6 Å². The highest BCUT2D eigenvalue weighted by Crippen LogP contribution is 2.60. The highest BCUT2D eigenvalue weighted by atomic mass is 28.4. The fourth-order valence-corrected chi connectivity index (χ4v) is 10.3. The second-order valence-corrected chi connectivity index (χ2v) is 17.5. The van der Waals surface area contributed by atoms with Crippen LogP contribution in [0.4, 0.5) is 21.2 Å². The van der Waals surface area contributed by atoms with E-state index in [0.717, 1.165) is 23.2 Å². The van der Waals surface area contributed by atoms with Gasteiger partial charge in [-0.2, -0.15) is 0 Å². The van der Waals surface area contributed by atoms with Crippen molar-refractivity contribution in [2.24, 2.45) is 5.92 Å². The van der Waals surface area contributed by atoms with Crippen molar-refractivity contribution in [1.82, 2.24) is 4.90 Å². The van der Waals surface area contributed by atoms with Crippen molar-refractivity contribution in [3.8, 4) is 5.75 Å². The number of aliphatic hydroxyl groups is 1. The lowest BCUT2D eigenvalue weighted by Gasteiger charge is -2.31. The first-order valence-electron chi connectivity index (χ1n) is 17.2. The highest BCUT2D eigenvalue weighted by Gasteiger charge is 2.67. The summed E-state index contributed by atoms with van der Waals surface area (Å²) in [6.45, 7) is 5.45. The van der Waals surface area contributed by atoms with Crippen molar-refractivity contribution in [2.45, 2.75) is 56.8 Å². The summed E-state index contributed by atoms with van der Waals surface area (Å²) >= 11 is 0. The zero-order chi connectivity index (χ0) is 36.3. The average molecular weight is 710 g/mol. The number of nitrogens with zero attached hydrogens (tertiary/aromatic N) is 3. The van der Waals surface area contributed by atoms with Gasteiger partial charge < -0.3 is 28.5 Å². The van der Waals surface area contributed by atoms with Crippen molar-refractivity contribution in [3.63, 3.8) is 0 Å². The van der Waals surface area contributed by atoms with E-state index >= 15 is 4.11 Å². The zero-order valence-electron chi connectivity index (χ0n) is 29.4. The summed E-state index contributed by atoms with van der Waals surface area (Å²) in [5, 5.41) is 9.81. The third-order valence-corrected chi connectivity index (χ3v) is 12.6. The van der Waals surface area contributed by atoms with Gasteiger partial charge >= 0.3 is 0 Å². The lowest BCUT2D eigenvalue weighted by molar-refractivity contribution is -0.150. The van der Waals surface area contributed by atoms with E-state index in [1.165, 1.54) is 0 Å². The molecule has 1 N–H and O–H groups in total. The number of carbonyl (C=O) groups is 3. The van der Waals surface area contributed by atoms with Crippen LogP contribution in [0.25, 0.3) is 0 Å². The Kier molecular flexibility index (Phi) is 10.4. The van der Waals surface area contributed by atoms with Gasteiger partial charge in [0, 0.05) is 41.5 Å². The van der Waals surface area contributed by atoms with Crippen LogP contribution in [0.1, 0.15) is 30.0 Å². The molecule has 0 aromatic heterocycles. The minimum atomic E-state index is -3.54. The Labute approximate surface area is 299 Å². The summed E-state index contributed by atoms with van der Waals surface area (Å²) in [6, 6.07) is 31.6. The third-order valence-electron chi connectivity index (χ3n) is 10.2. The van der Waals surface area contributed by atoms with Crippen molar-refractivity contribution in [3.05, 3.63) is 120 Å². The number of anilines is 3. The molecule has 51 heavy (non-hydrogen) atoms. The summed E-state index contributed by atoms with van der Waals surface area (Å²) in [5.41, 5.74) is 2.13. The summed E-state index contributed by atoms with van der Waals surface area (Å²) in [4.78, 5) is 45.5. The van der Waals surface area contributed by atoms with Gasteiger partial charge in [-0.15, -0.1) is 0 Å². The van der Waals surface area contributed by atoms with Crippen LogP contribution in [0.15, 0.2) is 103 Å². The van der Waals surface area contributed by atoms with Crippen LogP contribution < -0.4 is 14.5 Å². The van der Waals surface area contributed by atoms with E-state index in [-0.39, 0.29) is 44.5 Å². The fraction of sp³-hybridized carbons (Fsp3) is 0.325. The summed E-state index contributed by atoms with van der Waals surface area (Å²) in [5.74, 6) is -0.669. The minimum Gasteiger partial charge on any atom is -0.497 e. The number of fused-ring (bicyclic) bond motifs is 2. The Hall–Kier alpha value is -4.84. The van der Waals surface area contributed by atoms with E-state index in [1.807, 2.05) is 97.9 Å². The number of para-hydroxylation sites is 1. The highest BCUT2D eigenvalue weighted by molar-refractivity contribution is 6.72. The molecule has 2 aliphatic rings. The molecule has 0 radical (unpaired) electrons. The number of hydrogen-bond acceptors (Lipinski definition) is 6. The Morgan fingerprint density at radius 2 is 1.63 bits per heavy atom. The quantitative estimate of drug-likeness (QED) is 0.0941. The van der Waals surface area contributed by atoms with Crippen LogP contribution in [0.5, 0.6) is 5.75 Å². The van der Waals surface area contributed by atoms with Crippen LogP contribution in [-0.2, 0) is 37.8 Å². The molecule has 0 bridgehead atoms. The molecule has 4 atom stereocenters. The Bertz CT molecular complexity index is 1860. The maximum atomic E-state index is 16.4. The molecule has 0 aliphatic carbocycles. The topological polar surface area (TPSA) is 99.6 Å². The van der Waals surface area contributed by atoms with Gasteiger partial charge in [0.15, 0.2) is 5.60 Å². The molecule has 0 saturated carbocycles. The van der Waals surface area contributed by atoms with E-state index in [0.29, 0.717) is 22.7 Å². The van der Waals surface area contributed by atoms with Gasteiger partial charge in [-0.3, -0.25) is 19.3 Å². The SMILES string of the molecule is COc1ccc2c(c1)[C@]1(O[C@@H](CC(=O)N(CCO)Cc3ccccc3)[C@H]([Si](C)(C)F)[C@H]1C)C(=O)N2Cc1ccc(N(C=O)c2ccccc2)cc1. The van der Waals surface area contributed by atoms with Crippen molar-refractivity contribution in [2.75, 3.05) is 30.1 Å². The molecule has 3 amide bonds. The number of benzene rings is 4. The first-order valence-corrected chi connectivity index (χ1v) is 20.2. The molecule has 2 heterocycles. The first-order chi connectivity index (χ1) is 24.5. The average Bonchev–Trinajstić information content (AvgIpc) is 3.55. The summed E-state index contributed by atoms with van der Waals surface area (Å²) in [7, 11) is -1.99. The standard InChI is InChI=1S/C40H44FN3O6Si/c1-28-38(51(3,4)41)36(24-37(47)42(21-22-45)25-29-11-7-5-8-12-29)50-40(28)34-23-33(49-2)19-20-35(34)43(39(40)48)26-30-15-17-32(18-16-30)44(27-46)31-13-9-6-10-14-31/h5-20,23,27-28,36,38,45H,21-22,24-26H2,1-4H3/t28-,36+,38-,40+/m1/s1. The molecule has 266 valence electrons. The fourth-order valence-electron chi connectivity index (χ4n) is 7.83. The van der Waals surface area contributed by atoms with Gasteiger partial charge in [0.25, 0.3) is 5.91 Å².